The second-order valence-corrected chi connectivity index (χ2v) is 7.60. The summed E-state index contributed by atoms with van der Waals surface area (Å²) in [6, 6.07) is 5.79. The Labute approximate surface area is 159 Å². The summed E-state index contributed by atoms with van der Waals surface area (Å²) >= 11 is 0. The molecular formula is C20H28N2O5. The number of hydrogen-bond donors (Lipinski definition) is 1. The molecule has 1 N–H and O–H groups in total. The maximum atomic E-state index is 12.6. The Morgan fingerprint density at radius 2 is 1.96 bits per heavy atom. The third-order valence-corrected chi connectivity index (χ3v) is 5.88. The number of benzene rings is 1. The lowest BCUT2D eigenvalue weighted by atomic mass is 9.94. The first kappa shape index (κ1) is 18.4. The molecule has 1 aromatic rings. The molecule has 0 saturated carbocycles. The highest BCUT2D eigenvalue weighted by Crippen LogP contribution is 2.35. The SMILES string of the molecule is O=C(COc1ccc2c(c1)OCO2)N1CCCC(N2CCC(CO)CC2)C1. The Morgan fingerprint density at radius 3 is 2.78 bits per heavy atom. The van der Waals surface area contributed by atoms with Crippen LogP contribution in [-0.4, -0.2) is 73.0 Å². The van der Waals surface area contributed by atoms with Crippen LogP contribution < -0.4 is 14.2 Å². The Hall–Kier alpha value is -1.99. The summed E-state index contributed by atoms with van der Waals surface area (Å²) in [7, 11) is 0. The van der Waals surface area contributed by atoms with Crippen LogP contribution in [-0.2, 0) is 4.79 Å². The molecular weight excluding hydrogens is 348 g/mol. The van der Waals surface area contributed by atoms with Crippen molar-refractivity contribution in [2.75, 3.05) is 46.2 Å². The lowest BCUT2D eigenvalue weighted by Crippen LogP contribution is -2.52. The molecule has 4 rings (SSSR count). The summed E-state index contributed by atoms with van der Waals surface area (Å²) in [4.78, 5) is 17.0. The maximum Gasteiger partial charge on any atom is 0.260 e. The van der Waals surface area contributed by atoms with Gasteiger partial charge in [0.25, 0.3) is 5.91 Å². The molecule has 0 radical (unpaired) electrons. The van der Waals surface area contributed by atoms with E-state index < -0.39 is 0 Å². The van der Waals surface area contributed by atoms with Gasteiger partial charge in [-0.2, -0.15) is 0 Å². The molecule has 3 aliphatic heterocycles. The van der Waals surface area contributed by atoms with Crippen LogP contribution in [0.25, 0.3) is 0 Å². The quantitative estimate of drug-likeness (QED) is 0.840. The standard InChI is InChI=1S/C20H28N2O5/c23-12-15-5-8-21(9-6-15)16-2-1-7-22(11-16)20(24)13-25-17-3-4-18-19(10-17)27-14-26-18/h3-4,10,15-16,23H,1-2,5-9,11-14H2. The molecule has 7 heteroatoms. The van der Waals surface area contributed by atoms with Gasteiger partial charge in [-0.25, -0.2) is 0 Å². The van der Waals surface area contributed by atoms with Gasteiger partial charge in [0, 0.05) is 31.8 Å². The topological polar surface area (TPSA) is 71.5 Å². The Kier molecular flexibility index (Phi) is 5.69. The molecule has 0 aliphatic carbocycles. The van der Waals surface area contributed by atoms with Gasteiger partial charge >= 0.3 is 0 Å². The third kappa shape index (κ3) is 4.30. The molecule has 3 heterocycles. The number of amides is 1. The maximum absolute atomic E-state index is 12.6. The summed E-state index contributed by atoms with van der Waals surface area (Å²) in [5.41, 5.74) is 0. The van der Waals surface area contributed by atoms with E-state index in [4.69, 9.17) is 14.2 Å². The van der Waals surface area contributed by atoms with Crippen molar-refractivity contribution in [3.63, 3.8) is 0 Å². The van der Waals surface area contributed by atoms with Crippen molar-refractivity contribution in [1.29, 1.82) is 0 Å². The summed E-state index contributed by atoms with van der Waals surface area (Å²) < 4.78 is 16.3. The summed E-state index contributed by atoms with van der Waals surface area (Å²) in [5, 5.41) is 9.31. The summed E-state index contributed by atoms with van der Waals surface area (Å²) in [5.74, 6) is 2.45. The fraction of sp³-hybridized carbons (Fsp3) is 0.650. The molecule has 1 atom stereocenters. The zero-order valence-corrected chi connectivity index (χ0v) is 15.6. The Bertz CT molecular complexity index is 660. The lowest BCUT2D eigenvalue weighted by molar-refractivity contribution is -0.135. The Balaban J connectivity index is 1.27. The molecule has 2 saturated heterocycles. The van der Waals surface area contributed by atoms with E-state index >= 15 is 0 Å². The van der Waals surface area contributed by atoms with E-state index in [0.717, 1.165) is 51.9 Å². The number of piperidine rings is 2. The molecule has 148 valence electrons. The average molecular weight is 376 g/mol. The number of carbonyl (C=O) groups is 1. The highest BCUT2D eigenvalue weighted by atomic mass is 16.7. The minimum Gasteiger partial charge on any atom is -0.484 e. The fourth-order valence-corrected chi connectivity index (χ4v) is 4.18. The van der Waals surface area contributed by atoms with Crippen LogP contribution >= 0.6 is 0 Å². The number of nitrogens with zero attached hydrogens (tertiary/aromatic N) is 2. The van der Waals surface area contributed by atoms with Crippen molar-refractivity contribution in [2.45, 2.75) is 31.7 Å². The van der Waals surface area contributed by atoms with Crippen LogP contribution in [0.1, 0.15) is 25.7 Å². The molecule has 0 bridgehead atoms. The van der Waals surface area contributed by atoms with Crippen LogP contribution in [0.4, 0.5) is 0 Å². The summed E-state index contributed by atoms with van der Waals surface area (Å²) in [6.45, 7) is 4.17. The second kappa shape index (κ2) is 8.35. The largest absolute Gasteiger partial charge is 0.484 e. The number of rotatable bonds is 5. The normalized spacial score (nSPS) is 23.4. The fourth-order valence-electron chi connectivity index (χ4n) is 4.18. The van der Waals surface area contributed by atoms with Gasteiger partial charge in [0.1, 0.15) is 5.75 Å². The van der Waals surface area contributed by atoms with Crippen LogP contribution in [0.3, 0.4) is 0 Å². The van der Waals surface area contributed by atoms with Gasteiger partial charge in [0.2, 0.25) is 6.79 Å². The molecule has 0 spiro atoms. The molecule has 1 aromatic carbocycles. The van der Waals surface area contributed by atoms with Gasteiger partial charge in [-0.15, -0.1) is 0 Å². The van der Waals surface area contributed by atoms with E-state index in [1.807, 2.05) is 4.90 Å². The van der Waals surface area contributed by atoms with E-state index in [1.165, 1.54) is 0 Å². The highest BCUT2D eigenvalue weighted by Gasteiger charge is 2.30. The zero-order valence-electron chi connectivity index (χ0n) is 15.6. The van der Waals surface area contributed by atoms with Gasteiger partial charge in [-0.1, -0.05) is 0 Å². The number of aliphatic hydroxyl groups excluding tert-OH is 1. The lowest BCUT2D eigenvalue weighted by Gasteiger charge is -2.42. The number of aliphatic hydroxyl groups is 1. The number of ether oxygens (including phenoxy) is 3. The van der Waals surface area contributed by atoms with Gasteiger partial charge < -0.3 is 24.2 Å². The molecule has 2 fully saturated rings. The third-order valence-electron chi connectivity index (χ3n) is 5.88. The van der Waals surface area contributed by atoms with E-state index in [9.17, 15) is 9.90 Å². The van der Waals surface area contributed by atoms with Gasteiger partial charge in [-0.3, -0.25) is 9.69 Å². The average Bonchev–Trinajstić information content (AvgIpc) is 3.20. The zero-order chi connectivity index (χ0) is 18.6. The van der Waals surface area contributed by atoms with E-state index in [0.29, 0.717) is 35.8 Å². The van der Waals surface area contributed by atoms with Crippen LogP contribution in [0, 0.1) is 5.92 Å². The number of likely N-dealkylation sites (tertiary alicyclic amines) is 2. The van der Waals surface area contributed by atoms with Crippen molar-refractivity contribution in [3.05, 3.63) is 18.2 Å². The van der Waals surface area contributed by atoms with Gasteiger partial charge in [0.15, 0.2) is 18.1 Å². The van der Waals surface area contributed by atoms with Crippen LogP contribution in [0.2, 0.25) is 0 Å². The minimum atomic E-state index is 0.0302. The minimum absolute atomic E-state index is 0.0302. The molecule has 7 nitrogen and oxygen atoms in total. The summed E-state index contributed by atoms with van der Waals surface area (Å²) in [6.07, 6.45) is 4.26. The Morgan fingerprint density at radius 1 is 1.15 bits per heavy atom. The van der Waals surface area contributed by atoms with Crippen molar-refractivity contribution in [2.24, 2.45) is 5.92 Å². The monoisotopic (exact) mass is 376 g/mol. The second-order valence-electron chi connectivity index (χ2n) is 7.60. The number of hydrogen-bond acceptors (Lipinski definition) is 6. The molecule has 1 unspecified atom stereocenters. The van der Waals surface area contributed by atoms with E-state index in [1.54, 1.807) is 18.2 Å². The molecule has 0 aromatic heterocycles. The predicted octanol–water partition coefficient (Wildman–Crippen LogP) is 1.49. The van der Waals surface area contributed by atoms with Crippen molar-refractivity contribution in [1.82, 2.24) is 9.80 Å². The number of carbonyl (C=O) groups excluding carboxylic acids is 1. The van der Waals surface area contributed by atoms with E-state index in [2.05, 4.69) is 4.90 Å². The van der Waals surface area contributed by atoms with Crippen LogP contribution in [0.5, 0.6) is 17.2 Å². The molecule has 27 heavy (non-hydrogen) atoms. The smallest absolute Gasteiger partial charge is 0.260 e. The van der Waals surface area contributed by atoms with Gasteiger partial charge in [0.05, 0.1) is 0 Å². The predicted molar refractivity (Wildman–Crippen MR) is 99.0 cm³/mol. The first-order valence-corrected chi connectivity index (χ1v) is 9.88. The van der Waals surface area contributed by atoms with Crippen LogP contribution in [0.15, 0.2) is 18.2 Å². The first-order chi connectivity index (χ1) is 13.2. The van der Waals surface area contributed by atoms with Crippen molar-refractivity contribution in [3.8, 4) is 17.2 Å². The van der Waals surface area contributed by atoms with Gasteiger partial charge in [-0.05, 0) is 56.8 Å². The molecule has 3 aliphatic rings. The number of fused-ring (bicyclic) bond motifs is 1. The first-order valence-electron chi connectivity index (χ1n) is 9.88. The van der Waals surface area contributed by atoms with Crippen molar-refractivity contribution < 1.29 is 24.1 Å². The highest BCUT2D eigenvalue weighted by molar-refractivity contribution is 5.78. The van der Waals surface area contributed by atoms with Crippen molar-refractivity contribution >= 4 is 5.91 Å². The van der Waals surface area contributed by atoms with E-state index in [-0.39, 0.29) is 19.3 Å². The molecule has 1 amide bonds.